The Bertz CT molecular complexity index is 436. The standard InChI is InChI=1S/C15H22N2OS/c1-12-6-3-4-8-14(12)19-11-15(18)17-9-5-7-13(10-17)16-2/h3-4,6,8,13,16H,5,7,9-11H2,1-2H3. The Labute approximate surface area is 119 Å². The molecule has 0 aromatic heterocycles. The summed E-state index contributed by atoms with van der Waals surface area (Å²) in [5.41, 5.74) is 1.24. The van der Waals surface area contributed by atoms with E-state index in [9.17, 15) is 4.79 Å². The lowest BCUT2D eigenvalue weighted by atomic mass is 10.1. The van der Waals surface area contributed by atoms with Gasteiger partial charge in [-0.05, 0) is 38.4 Å². The van der Waals surface area contributed by atoms with Crippen molar-refractivity contribution in [2.24, 2.45) is 0 Å². The monoisotopic (exact) mass is 278 g/mol. The maximum atomic E-state index is 12.2. The molecule has 4 heteroatoms. The maximum absolute atomic E-state index is 12.2. The van der Waals surface area contributed by atoms with E-state index in [0.29, 0.717) is 11.8 Å². The highest BCUT2D eigenvalue weighted by Gasteiger charge is 2.22. The van der Waals surface area contributed by atoms with Gasteiger partial charge < -0.3 is 10.2 Å². The van der Waals surface area contributed by atoms with Gasteiger partial charge in [-0.15, -0.1) is 11.8 Å². The second kappa shape index (κ2) is 6.96. The topological polar surface area (TPSA) is 32.3 Å². The van der Waals surface area contributed by atoms with E-state index in [1.807, 2.05) is 24.1 Å². The Kier molecular flexibility index (Phi) is 5.28. The van der Waals surface area contributed by atoms with Crippen molar-refractivity contribution in [3.8, 4) is 0 Å². The van der Waals surface area contributed by atoms with Gasteiger partial charge in [-0.2, -0.15) is 0 Å². The van der Waals surface area contributed by atoms with Crippen molar-refractivity contribution in [2.45, 2.75) is 30.7 Å². The van der Waals surface area contributed by atoms with Crippen molar-refractivity contribution in [1.82, 2.24) is 10.2 Å². The fourth-order valence-corrected chi connectivity index (χ4v) is 3.32. The third-order valence-corrected chi connectivity index (χ3v) is 4.79. The number of piperidine rings is 1. The number of carbonyl (C=O) groups is 1. The van der Waals surface area contributed by atoms with E-state index in [4.69, 9.17) is 0 Å². The van der Waals surface area contributed by atoms with Gasteiger partial charge in [0.25, 0.3) is 0 Å². The first-order valence-electron chi connectivity index (χ1n) is 6.84. The number of carbonyl (C=O) groups excluding carboxylic acids is 1. The number of amides is 1. The molecule has 0 bridgehead atoms. The lowest BCUT2D eigenvalue weighted by Gasteiger charge is -2.32. The molecule has 1 amide bonds. The molecule has 104 valence electrons. The van der Waals surface area contributed by atoms with E-state index < -0.39 is 0 Å². The smallest absolute Gasteiger partial charge is 0.232 e. The molecule has 0 saturated carbocycles. The second-order valence-corrected chi connectivity index (χ2v) is 6.04. The molecule has 1 heterocycles. The van der Waals surface area contributed by atoms with Gasteiger partial charge in [0.2, 0.25) is 5.91 Å². The first kappa shape index (κ1) is 14.4. The fraction of sp³-hybridized carbons (Fsp3) is 0.533. The first-order valence-corrected chi connectivity index (χ1v) is 7.82. The summed E-state index contributed by atoms with van der Waals surface area (Å²) in [6, 6.07) is 8.69. The summed E-state index contributed by atoms with van der Waals surface area (Å²) in [4.78, 5) is 15.4. The minimum atomic E-state index is 0.258. The Hall–Kier alpha value is -1.00. The van der Waals surface area contributed by atoms with Crippen LogP contribution < -0.4 is 5.32 Å². The normalized spacial score (nSPS) is 19.5. The molecular formula is C15H22N2OS. The Balaban J connectivity index is 1.86. The molecule has 1 atom stereocenters. The van der Waals surface area contributed by atoms with Gasteiger partial charge in [-0.25, -0.2) is 0 Å². The summed E-state index contributed by atoms with van der Waals surface area (Å²) >= 11 is 1.65. The largest absolute Gasteiger partial charge is 0.340 e. The average molecular weight is 278 g/mol. The van der Waals surface area contributed by atoms with Crippen LogP contribution in [0.15, 0.2) is 29.2 Å². The van der Waals surface area contributed by atoms with Crippen LogP contribution >= 0.6 is 11.8 Å². The van der Waals surface area contributed by atoms with Crippen LogP contribution in [0.1, 0.15) is 18.4 Å². The van der Waals surface area contributed by atoms with Gasteiger partial charge in [-0.3, -0.25) is 4.79 Å². The summed E-state index contributed by atoms with van der Waals surface area (Å²) in [6.07, 6.45) is 2.28. The number of nitrogens with zero attached hydrogens (tertiary/aromatic N) is 1. The number of likely N-dealkylation sites (tertiary alicyclic amines) is 1. The summed E-state index contributed by atoms with van der Waals surface area (Å²) < 4.78 is 0. The van der Waals surface area contributed by atoms with Gasteiger partial charge >= 0.3 is 0 Å². The van der Waals surface area contributed by atoms with Crippen LogP contribution in [-0.2, 0) is 4.79 Å². The zero-order chi connectivity index (χ0) is 13.7. The quantitative estimate of drug-likeness (QED) is 0.858. The molecule has 19 heavy (non-hydrogen) atoms. The Morgan fingerprint density at radius 2 is 2.26 bits per heavy atom. The van der Waals surface area contributed by atoms with Gasteiger partial charge in [0.1, 0.15) is 0 Å². The fourth-order valence-electron chi connectivity index (χ4n) is 2.39. The second-order valence-electron chi connectivity index (χ2n) is 5.02. The predicted molar refractivity (Wildman–Crippen MR) is 80.6 cm³/mol. The van der Waals surface area contributed by atoms with Crippen LogP contribution in [0.3, 0.4) is 0 Å². The van der Waals surface area contributed by atoms with Crippen LogP contribution in [0.4, 0.5) is 0 Å². The minimum absolute atomic E-state index is 0.258. The van der Waals surface area contributed by atoms with Crippen molar-refractivity contribution >= 4 is 17.7 Å². The highest BCUT2D eigenvalue weighted by atomic mass is 32.2. The lowest BCUT2D eigenvalue weighted by Crippen LogP contribution is -2.47. The number of rotatable bonds is 4. The summed E-state index contributed by atoms with van der Waals surface area (Å²) in [7, 11) is 1.97. The highest BCUT2D eigenvalue weighted by molar-refractivity contribution is 8.00. The number of thioether (sulfide) groups is 1. The number of hydrogen-bond donors (Lipinski definition) is 1. The third-order valence-electron chi connectivity index (χ3n) is 3.63. The zero-order valence-electron chi connectivity index (χ0n) is 11.7. The first-order chi connectivity index (χ1) is 9.20. The maximum Gasteiger partial charge on any atom is 0.232 e. The lowest BCUT2D eigenvalue weighted by molar-refractivity contribution is -0.129. The van der Waals surface area contributed by atoms with Gasteiger partial charge in [0.15, 0.2) is 0 Å². The minimum Gasteiger partial charge on any atom is -0.340 e. The molecule has 1 aromatic rings. The predicted octanol–water partition coefficient (Wildman–Crippen LogP) is 2.30. The van der Waals surface area contributed by atoms with Gasteiger partial charge in [0, 0.05) is 24.0 Å². The van der Waals surface area contributed by atoms with E-state index in [-0.39, 0.29) is 5.91 Å². The molecule has 1 aliphatic rings. The molecular weight excluding hydrogens is 256 g/mol. The SMILES string of the molecule is CNC1CCCN(C(=O)CSc2ccccc2C)C1. The number of hydrogen-bond acceptors (Lipinski definition) is 3. The van der Waals surface area contributed by atoms with Crippen LogP contribution in [0.25, 0.3) is 0 Å². The van der Waals surface area contributed by atoms with E-state index in [2.05, 4.69) is 24.4 Å². The molecule has 1 fully saturated rings. The van der Waals surface area contributed by atoms with Crippen molar-refractivity contribution in [2.75, 3.05) is 25.9 Å². The summed E-state index contributed by atoms with van der Waals surface area (Å²) in [6.45, 7) is 3.85. The van der Waals surface area contributed by atoms with Crippen LogP contribution in [0, 0.1) is 6.92 Å². The van der Waals surface area contributed by atoms with Crippen molar-refractivity contribution < 1.29 is 4.79 Å². The van der Waals surface area contributed by atoms with E-state index in [0.717, 1.165) is 19.5 Å². The molecule has 3 nitrogen and oxygen atoms in total. The van der Waals surface area contributed by atoms with Crippen LogP contribution in [0.2, 0.25) is 0 Å². The van der Waals surface area contributed by atoms with Crippen molar-refractivity contribution in [3.63, 3.8) is 0 Å². The molecule has 0 aliphatic carbocycles. The number of benzene rings is 1. The molecule has 1 N–H and O–H groups in total. The van der Waals surface area contributed by atoms with Crippen LogP contribution in [0.5, 0.6) is 0 Å². The van der Waals surface area contributed by atoms with Crippen molar-refractivity contribution in [3.05, 3.63) is 29.8 Å². The van der Waals surface area contributed by atoms with E-state index in [1.54, 1.807) is 11.8 Å². The molecule has 1 unspecified atom stereocenters. The number of likely N-dealkylation sites (N-methyl/N-ethyl adjacent to an activating group) is 1. The third kappa shape index (κ3) is 3.98. The summed E-state index contributed by atoms with van der Waals surface area (Å²) in [5.74, 6) is 0.801. The number of nitrogens with one attached hydrogen (secondary N) is 1. The molecule has 0 radical (unpaired) electrons. The van der Waals surface area contributed by atoms with Gasteiger partial charge in [0.05, 0.1) is 5.75 Å². The molecule has 1 aliphatic heterocycles. The molecule has 0 spiro atoms. The molecule has 1 aromatic carbocycles. The van der Waals surface area contributed by atoms with E-state index in [1.165, 1.54) is 16.9 Å². The van der Waals surface area contributed by atoms with Crippen LogP contribution in [-0.4, -0.2) is 42.7 Å². The molecule has 2 rings (SSSR count). The number of aryl methyl sites for hydroxylation is 1. The average Bonchev–Trinajstić information content (AvgIpc) is 2.46. The van der Waals surface area contributed by atoms with Crippen molar-refractivity contribution in [1.29, 1.82) is 0 Å². The van der Waals surface area contributed by atoms with Gasteiger partial charge in [-0.1, -0.05) is 18.2 Å². The Morgan fingerprint density at radius 1 is 1.47 bits per heavy atom. The zero-order valence-corrected chi connectivity index (χ0v) is 12.5. The highest BCUT2D eigenvalue weighted by Crippen LogP contribution is 2.22. The Morgan fingerprint density at radius 3 is 3.00 bits per heavy atom. The summed E-state index contributed by atoms with van der Waals surface area (Å²) in [5, 5.41) is 3.27. The van der Waals surface area contributed by atoms with E-state index >= 15 is 0 Å². The molecule has 1 saturated heterocycles.